The van der Waals surface area contributed by atoms with E-state index in [0.717, 1.165) is 28.3 Å². The van der Waals surface area contributed by atoms with Crippen LogP contribution >= 0.6 is 0 Å². The zero-order chi connectivity index (χ0) is 21.6. The lowest BCUT2D eigenvalue weighted by molar-refractivity contribution is 0.249. The lowest BCUT2D eigenvalue weighted by atomic mass is 10.1. The van der Waals surface area contributed by atoms with Crippen LogP contribution in [-0.2, 0) is 17.3 Å². The molecule has 1 heterocycles. The Kier molecular flexibility index (Phi) is 7.09. The highest BCUT2D eigenvalue weighted by atomic mass is 28.4. The van der Waals surface area contributed by atoms with Crippen LogP contribution in [0.25, 0.3) is 11.5 Å². The molecule has 0 amide bonds. The Morgan fingerprint density at radius 1 is 1.07 bits per heavy atom. The Hall–Kier alpha value is -2.88. The van der Waals surface area contributed by atoms with Gasteiger partial charge in [0.1, 0.15) is 17.6 Å². The molecule has 30 heavy (non-hydrogen) atoms. The number of nitriles is 1. The van der Waals surface area contributed by atoms with Crippen molar-refractivity contribution in [2.75, 3.05) is 6.61 Å². The van der Waals surface area contributed by atoms with Crippen molar-refractivity contribution in [1.82, 2.24) is 4.98 Å². The van der Waals surface area contributed by atoms with E-state index in [4.69, 9.17) is 13.6 Å². The number of aryl methyl sites for hydroxylation is 1. The molecule has 0 bridgehead atoms. The summed E-state index contributed by atoms with van der Waals surface area (Å²) < 4.78 is 17.6. The van der Waals surface area contributed by atoms with Gasteiger partial charge in [-0.2, -0.15) is 5.26 Å². The molecule has 0 saturated heterocycles. The Morgan fingerprint density at radius 3 is 2.40 bits per heavy atom. The average Bonchev–Trinajstić information content (AvgIpc) is 3.09. The first kappa shape index (κ1) is 21.8. The smallest absolute Gasteiger partial charge is 0.226 e. The first-order valence-corrected chi connectivity index (χ1v) is 13.6. The molecule has 1 aromatic heterocycles. The van der Waals surface area contributed by atoms with Gasteiger partial charge in [-0.3, -0.25) is 0 Å². The van der Waals surface area contributed by atoms with Crippen molar-refractivity contribution in [3.63, 3.8) is 0 Å². The van der Waals surface area contributed by atoms with E-state index in [1.807, 2.05) is 61.5 Å². The highest BCUT2D eigenvalue weighted by Gasteiger charge is 2.21. The zero-order valence-electron chi connectivity index (χ0n) is 18.0. The number of oxazole rings is 1. The van der Waals surface area contributed by atoms with Gasteiger partial charge in [0.25, 0.3) is 0 Å². The Bertz CT molecular complexity index is 986. The molecule has 5 nitrogen and oxygen atoms in total. The molecule has 0 aliphatic rings. The average molecular weight is 421 g/mol. The molecule has 0 radical (unpaired) electrons. The number of hydrogen-bond donors (Lipinski definition) is 0. The Labute approximate surface area is 179 Å². The molecule has 3 aromatic rings. The van der Waals surface area contributed by atoms with Gasteiger partial charge in [0.15, 0.2) is 8.32 Å². The van der Waals surface area contributed by atoms with Gasteiger partial charge in [-0.05, 0) is 56.4 Å². The van der Waals surface area contributed by atoms with Gasteiger partial charge in [0.2, 0.25) is 5.89 Å². The van der Waals surface area contributed by atoms with Crippen molar-refractivity contribution in [2.24, 2.45) is 0 Å². The maximum Gasteiger partial charge on any atom is 0.226 e. The largest absolute Gasteiger partial charge is 0.493 e. The third-order valence-corrected chi connectivity index (χ3v) is 5.50. The van der Waals surface area contributed by atoms with Crippen LogP contribution < -0.4 is 4.74 Å². The van der Waals surface area contributed by atoms with Crippen LogP contribution in [-0.4, -0.2) is 26.0 Å². The zero-order valence-corrected chi connectivity index (χ0v) is 19.0. The van der Waals surface area contributed by atoms with E-state index in [1.165, 1.54) is 0 Å². The number of ether oxygens (including phenoxy) is 1. The topological polar surface area (TPSA) is 68.3 Å². The predicted molar refractivity (Wildman–Crippen MR) is 120 cm³/mol. The van der Waals surface area contributed by atoms with Crippen LogP contribution in [0.4, 0.5) is 0 Å². The van der Waals surface area contributed by atoms with E-state index in [1.54, 1.807) is 0 Å². The second-order valence-electron chi connectivity index (χ2n) is 8.18. The van der Waals surface area contributed by atoms with Gasteiger partial charge in [0, 0.05) is 18.4 Å². The SMILES string of the molecule is Cc1oc(-c2ccccc2)nc1CCOc1ccc(CC(C#N)O[Si](C)(C)C)cc1. The number of aromatic nitrogens is 1. The molecular weight excluding hydrogens is 392 g/mol. The Morgan fingerprint density at radius 2 is 1.77 bits per heavy atom. The van der Waals surface area contributed by atoms with Crippen molar-refractivity contribution in [1.29, 1.82) is 5.26 Å². The van der Waals surface area contributed by atoms with Crippen molar-refractivity contribution >= 4 is 8.32 Å². The number of hydrogen-bond acceptors (Lipinski definition) is 5. The van der Waals surface area contributed by atoms with Crippen LogP contribution in [0.15, 0.2) is 59.0 Å². The van der Waals surface area contributed by atoms with Crippen LogP contribution in [0.2, 0.25) is 19.6 Å². The van der Waals surface area contributed by atoms with Crippen LogP contribution in [0.5, 0.6) is 5.75 Å². The molecule has 1 atom stereocenters. The second-order valence-corrected chi connectivity index (χ2v) is 12.6. The summed E-state index contributed by atoms with van der Waals surface area (Å²) >= 11 is 0. The van der Waals surface area contributed by atoms with E-state index < -0.39 is 14.4 Å². The van der Waals surface area contributed by atoms with Gasteiger partial charge in [-0.15, -0.1) is 0 Å². The molecule has 3 rings (SSSR count). The van der Waals surface area contributed by atoms with Crippen molar-refractivity contribution < 1.29 is 13.6 Å². The van der Waals surface area contributed by atoms with Gasteiger partial charge < -0.3 is 13.6 Å². The monoisotopic (exact) mass is 420 g/mol. The molecule has 0 spiro atoms. The molecule has 0 aliphatic carbocycles. The molecule has 0 aliphatic heterocycles. The fourth-order valence-electron chi connectivity index (χ4n) is 3.11. The highest BCUT2D eigenvalue weighted by Crippen LogP contribution is 2.22. The predicted octanol–water partition coefficient (Wildman–Crippen LogP) is 5.56. The molecule has 0 saturated carbocycles. The van der Waals surface area contributed by atoms with E-state index in [2.05, 4.69) is 30.7 Å². The molecular formula is C24H28N2O3Si. The van der Waals surface area contributed by atoms with Gasteiger partial charge >= 0.3 is 0 Å². The van der Waals surface area contributed by atoms with Crippen LogP contribution in [0.3, 0.4) is 0 Å². The van der Waals surface area contributed by atoms with E-state index in [9.17, 15) is 5.26 Å². The lowest BCUT2D eigenvalue weighted by Crippen LogP contribution is -2.32. The minimum atomic E-state index is -1.74. The fourth-order valence-corrected chi connectivity index (χ4v) is 4.10. The van der Waals surface area contributed by atoms with E-state index >= 15 is 0 Å². The summed E-state index contributed by atoms with van der Waals surface area (Å²) in [7, 11) is -1.74. The molecule has 0 N–H and O–H groups in total. The summed E-state index contributed by atoms with van der Waals surface area (Å²) in [6, 6.07) is 20.0. The number of nitrogens with zero attached hydrogens (tertiary/aromatic N) is 2. The highest BCUT2D eigenvalue weighted by molar-refractivity contribution is 6.69. The summed E-state index contributed by atoms with van der Waals surface area (Å²) in [5.74, 6) is 2.25. The second kappa shape index (κ2) is 9.75. The molecule has 0 fully saturated rings. The standard InChI is InChI=1S/C24H28N2O3Si/c1-18-23(26-24(28-18)20-8-6-5-7-9-20)14-15-27-21-12-10-19(11-13-21)16-22(17-25)29-30(2,3)4/h5-13,22H,14-16H2,1-4H3. The van der Waals surface area contributed by atoms with E-state index in [-0.39, 0.29) is 0 Å². The third kappa shape index (κ3) is 6.31. The first-order chi connectivity index (χ1) is 14.3. The molecule has 2 aromatic carbocycles. The number of benzene rings is 2. The maximum atomic E-state index is 9.34. The summed E-state index contributed by atoms with van der Waals surface area (Å²) in [5.41, 5.74) is 2.94. The minimum Gasteiger partial charge on any atom is -0.493 e. The summed E-state index contributed by atoms with van der Waals surface area (Å²) in [6.07, 6.45) is 0.851. The molecule has 1 unspecified atom stereocenters. The van der Waals surface area contributed by atoms with Gasteiger partial charge in [-0.25, -0.2) is 4.98 Å². The van der Waals surface area contributed by atoms with Gasteiger partial charge in [-0.1, -0.05) is 30.3 Å². The lowest BCUT2D eigenvalue weighted by Gasteiger charge is -2.21. The van der Waals surface area contributed by atoms with Crippen LogP contribution in [0.1, 0.15) is 17.0 Å². The Balaban J connectivity index is 1.52. The minimum absolute atomic E-state index is 0.405. The van der Waals surface area contributed by atoms with Gasteiger partial charge in [0.05, 0.1) is 18.4 Å². The van der Waals surface area contributed by atoms with Crippen molar-refractivity contribution in [2.45, 2.75) is 45.5 Å². The summed E-state index contributed by atoms with van der Waals surface area (Å²) in [5, 5.41) is 9.34. The summed E-state index contributed by atoms with van der Waals surface area (Å²) in [6.45, 7) is 8.72. The maximum absolute atomic E-state index is 9.34. The van der Waals surface area contributed by atoms with Crippen molar-refractivity contribution in [3.05, 3.63) is 71.6 Å². The van der Waals surface area contributed by atoms with Crippen molar-refractivity contribution in [3.8, 4) is 23.3 Å². The normalized spacial score (nSPS) is 12.4. The quantitative estimate of drug-likeness (QED) is 0.424. The number of rotatable bonds is 9. The third-order valence-electron chi connectivity index (χ3n) is 4.51. The fraction of sp³-hybridized carbons (Fsp3) is 0.333. The summed E-state index contributed by atoms with van der Waals surface area (Å²) in [4.78, 5) is 4.61. The molecule has 6 heteroatoms. The van der Waals surface area contributed by atoms with E-state index in [0.29, 0.717) is 25.3 Å². The molecule has 156 valence electrons. The van der Waals surface area contributed by atoms with Crippen LogP contribution in [0, 0.1) is 18.3 Å². The first-order valence-electron chi connectivity index (χ1n) is 10.1.